The van der Waals surface area contributed by atoms with Gasteiger partial charge >= 0.3 is 0 Å². The second-order valence-corrected chi connectivity index (χ2v) is 3.95. The monoisotopic (exact) mass is 227 g/mol. The van der Waals surface area contributed by atoms with E-state index in [1.54, 1.807) is 12.3 Å². The Balaban J connectivity index is 2.46. The Hall–Kier alpha value is -0.930. The third-order valence-electron chi connectivity index (χ3n) is 1.85. The van der Waals surface area contributed by atoms with Gasteiger partial charge in [0.2, 0.25) is 0 Å². The van der Waals surface area contributed by atoms with Crippen molar-refractivity contribution in [3.63, 3.8) is 0 Å². The first kappa shape index (κ1) is 9.62. The van der Waals surface area contributed by atoms with E-state index in [1.165, 1.54) is 17.4 Å². The third-order valence-corrected chi connectivity index (χ3v) is 2.97. The van der Waals surface area contributed by atoms with Crippen molar-refractivity contribution in [2.75, 3.05) is 0 Å². The van der Waals surface area contributed by atoms with Gasteiger partial charge in [-0.3, -0.25) is 0 Å². The van der Waals surface area contributed by atoms with E-state index in [0.29, 0.717) is 16.5 Å². The molecule has 0 bridgehead atoms. The van der Waals surface area contributed by atoms with Crippen LogP contribution in [0.5, 0.6) is 0 Å². The van der Waals surface area contributed by atoms with Crippen LogP contribution in [0.2, 0.25) is 0 Å². The van der Waals surface area contributed by atoms with Crippen LogP contribution in [-0.2, 0) is 5.88 Å². The molecule has 0 unspecified atom stereocenters. The van der Waals surface area contributed by atoms with E-state index >= 15 is 0 Å². The van der Waals surface area contributed by atoms with Crippen molar-refractivity contribution in [1.29, 1.82) is 0 Å². The molecule has 0 saturated carbocycles. The van der Waals surface area contributed by atoms with Crippen molar-refractivity contribution in [2.24, 2.45) is 0 Å². The van der Waals surface area contributed by atoms with Crippen LogP contribution in [0.1, 0.15) is 5.56 Å². The molecular weight excluding hydrogens is 221 g/mol. The molecule has 2 aromatic rings. The van der Waals surface area contributed by atoms with E-state index in [-0.39, 0.29) is 5.82 Å². The zero-order valence-electron chi connectivity index (χ0n) is 7.21. The Morgan fingerprint density at radius 3 is 2.86 bits per heavy atom. The average molecular weight is 228 g/mol. The van der Waals surface area contributed by atoms with Crippen molar-refractivity contribution < 1.29 is 4.39 Å². The van der Waals surface area contributed by atoms with Gasteiger partial charge in [0.1, 0.15) is 10.8 Å². The number of aromatic nitrogens is 1. The van der Waals surface area contributed by atoms with Crippen LogP contribution >= 0.6 is 22.9 Å². The molecule has 0 N–H and O–H groups in total. The first-order valence-corrected chi connectivity index (χ1v) is 5.47. The second-order valence-electron chi connectivity index (χ2n) is 2.79. The fourth-order valence-electron chi connectivity index (χ4n) is 1.17. The zero-order valence-corrected chi connectivity index (χ0v) is 8.78. The fraction of sp³-hybridized carbons (Fsp3) is 0.100. The Morgan fingerprint density at radius 1 is 1.43 bits per heavy atom. The highest BCUT2D eigenvalue weighted by Gasteiger charge is 2.07. The second kappa shape index (κ2) is 4.07. The molecule has 0 aliphatic carbocycles. The minimum Gasteiger partial charge on any atom is -0.244 e. The number of halogens is 2. The predicted molar refractivity (Wildman–Crippen MR) is 57.1 cm³/mol. The summed E-state index contributed by atoms with van der Waals surface area (Å²) in [7, 11) is 0. The summed E-state index contributed by atoms with van der Waals surface area (Å²) in [5.41, 5.74) is 1.32. The summed E-state index contributed by atoms with van der Waals surface area (Å²) in [5, 5.41) is 2.52. The topological polar surface area (TPSA) is 12.9 Å². The fourth-order valence-corrected chi connectivity index (χ4v) is 2.00. The smallest absolute Gasteiger partial charge is 0.133 e. The third kappa shape index (κ3) is 1.79. The molecule has 1 nitrogen and oxygen atoms in total. The van der Waals surface area contributed by atoms with E-state index in [9.17, 15) is 4.39 Å². The molecule has 2 rings (SSSR count). The number of hydrogen-bond donors (Lipinski definition) is 0. The molecular formula is C10H7ClFNS. The maximum absolute atomic E-state index is 13.5. The Kier molecular flexibility index (Phi) is 2.79. The molecule has 1 aromatic heterocycles. The molecule has 72 valence electrons. The van der Waals surface area contributed by atoms with Gasteiger partial charge in [0.15, 0.2) is 0 Å². The minimum atomic E-state index is -0.266. The van der Waals surface area contributed by atoms with Crippen LogP contribution in [0, 0.1) is 5.82 Å². The molecule has 14 heavy (non-hydrogen) atoms. The van der Waals surface area contributed by atoms with E-state index in [4.69, 9.17) is 11.6 Å². The van der Waals surface area contributed by atoms with Crippen molar-refractivity contribution in [3.05, 3.63) is 41.2 Å². The number of hydrogen-bond acceptors (Lipinski definition) is 2. The summed E-state index contributed by atoms with van der Waals surface area (Å²) < 4.78 is 13.5. The van der Waals surface area contributed by atoms with Gasteiger partial charge in [-0.05, 0) is 17.7 Å². The number of rotatable bonds is 2. The lowest BCUT2D eigenvalue weighted by Gasteiger charge is -2.00. The summed E-state index contributed by atoms with van der Waals surface area (Å²) in [5.74, 6) is 0.0628. The summed E-state index contributed by atoms with van der Waals surface area (Å²) in [6.45, 7) is 0. The number of benzene rings is 1. The van der Waals surface area contributed by atoms with Crippen molar-refractivity contribution in [2.45, 2.75) is 5.88 Å². The van der Waals surface area contributed by atoms with Gasteiger partial charge in [-0.2, -0.15) is 0 Å². The molecule has 1 aromatic carbocycles. The maximum Gasteiger partial charge on any atom is 0.133 e. The van der Waals surface area contributed by atoms with Crippen LogP contribution in [-0.4, -0.2) is 4.98 Å². The van der Waals surface area contributed by atoms with Crippen LogP contribution < -0.4 is 0 Å². The van der Waals surface area contributed by atoms with E-state index in [0.717, 1.165) is 5.56 Å². The van der Waals surface area contributed by atoms with Gasteiger partial charge in [0.05, 0.1) is 0 Å². The Labute approximate surface area is 90.2 Å². The molecule has 1 heterocycles. The molecule has 0 aliphatic rings. The lowest BCUT2D eigenvalue weighted by Crippen LogP contribution is -1.86. The van der Waals surface area contributed by atoms with Crippen LogP contribution in [0.3, 0.4) is 0 Å². The minimum absolute atomic E-state index is 0.266. The molecule has 0 atom stereocenters. The molecule has 0 radical (unpaired) electrons. The molecule has 0 amide bonds. The van der Waals surface area contributed by atoms with Gasteiger partial charge in [-0.25, -0.2) is 9.37 Å². The quantitative estimate of drug-likeness (QED) is 0.713. The lowest BCUT2D eigenvalue weighted by atomic mass is 10.1. The number of thiazole rings is 1. The highest BCUT2D eigenvalue weighted by molar-refractivity contribution is 7.13. The average Bonchev–Trinajstić information content (AvgIpc) is 2.70. The van der Waals surface area contributed by atoms with Crippen molar-refractivity contribution in [3.8, 4) is 10.6 Å². The molecule has 0 aliphatic heterocycles. The lowest BCUT2D eigenvalue weighted by molar-refractivity contribution is 0.630. The van der Waals surface area contributed by atoms with Crippen LogP contribution in [0.15, 0.2) is 29.8 Å². The van der Waals surface area contributed by atoms with E-state index in [1.807, 2.05) is 11.4 Å². The van der Waals surface area contributed by atoms with Gasteiger partial charge in [0, 0.05) is 23.0 Å². The van der Waals surface area contributed by atoms with Gasteiger partial charge in [-0.1, -0.05) is 6.07 Å². The van der Waals surface area contributed by atoms with Gasteiger partial charge < -0.3 is 0 Å². The maximum atomic E-state index is 13.5. The summed E-state index contributed by atoms with van der Waals surface area (Å²) in [4.78, 5) is 4.05. The van der Waals surface area contributed by atoms with E-state index in [2.05, 4.69) is 4.98 Å². The largest absolute Gasteiger partial charge is 0.244 e. The summed E-state index contributed by atoms with van der Waals surface area (Å²) in [6, 6.07) is 4.97. The zero-order chi connectivity index (χ0) is 9.97. The SMILES string of the molecule is Fc1cc(CCl)ccc1-c1nccs1. The normalized spacial score (nSPS) is 10.4. The standard InChI is InChI=1S/C10H7ClFNS/c11-6-7-1-2-8(9(12)5-7)10-13-3-4-14-10/h1-5H,6H2. The Bertz CT molecular complexity index is 428. The molecule has 0 saturated heterocycles. The molecule has 4 heteroatoms. The van der Waals surface area contributed by atoms with E-state index < -0.39 is 0 Å². The number of alkyl halides is 1. The highest BCUT2D eigenvalue weighted by atomic mass is 35.5. The Morgan fingerprint density at radius 2 is 2.29 bits per heavy atom. The molecule has 0 spiro atoms. The highest BCUT2D eigenvalue weighted by Crippen LogP contribution is 2.25. The summed E-state index contributed by atoms with van der Waals surface area (Å²) >= 11 is 7.02. The first-order valence-electron chi connectivity index (χ1n) is 4.05. The van der Waals surface area contributed by atoms with Gasteiger partial charge in [-0.15, -0.1) is 22.9 Å². The van der Waals surface area contributed by atoms with Gasteiger partial charge in [0.25, 0.3) is 0 Å². The van der Waals surface area contributed by atoms with Crippen LogP contribution in [0.25, 0.3) is 10.6 Å². The van der Waals surface area contributed by atoms with Crippen LogP contribution in [0.4, 0.5) is 4.39 Å². The first-order chi connectivity index (χ1) is 6.81. The summed E-state index contributed by atoms with van der Waals surface area (Å²) in [6.07, 6.45) is 1.66. The predicted octanol–water partition coefficient (Wildman–Crippen LogP) is 3.69. The van der Waals surface area contributed by atoms with Crippen molar-refractivity contribution in [1.82, 2.24) is 4.98 Å². The molecule has 0 fully saturated rings. The van der Waals surface area contributed by atoms with Crippen molar-refractivity contribution >= 4 is 22.9 Å². The number of nitrogens with zero attached hydrogens (tertiary/aromatic N) is 1.